The molecular formula is C28H28BrClN6O5. The minimum absolute atomic E-state index is 0.0166. The zero-order chi connectivity index (χ0) is 29.5. The van der Waals surface area contributed by atoms with Crippen molar-refractivity contribution in [2.45, 2.75) is 46.3 Å². The highest BCUT2D eigenvalue weighted by atomic mass is 79.9. The molecule has 1 unspecified atom stereocenters. The van der Waals surface area contributed by atoms with E-state index < -0.39 is 23.0 Å². The Labute approximate surface area is 249 Å². The van der Waals surface area contributed by atoms with Gasteiger partial charge in [0.25, 0.3) is 0 Å². The number of tetrazole rings is 1. The number of carboxylic acids is 1. The summed E-state index contributed by atoms with van der Waals surface area (Å²) in [5, 5.41) is 28.3. The van der Waals surface area contributed by atoms with Crippen LogP contribution in [0.3, 0.4) is 0 Å². The van der Waals surface area contributed by atoms with E-state index in [1.54, 1.807) is 25.7 Å². The molecule has 1 aliphatic rings. The minimum Gasteiger partial charge on any atom is -0.476 e. The molecule has 2 aromatic heterocycles. The van der Waals surface area contributed by atoms with E-state index in [0.717, 1.165) is 26.5 Å². The van der Waals surface area contributed by atoms with E-state index in [-0.39, 0.29) is 24.0 Å². The summed E-state index contributed by atoms with van der Waals surface area (Å²) in [5.74, 6) is -0.565. The predicted octanol–water partition coefficient (Wildman–Crippen LogP) is 5.64. The number of benzene rings is 2. The molecule has 3 N–H and O–H groups in total. The van der Waals surface area contributed by atoms with Gasteiger partial charge in [-0.3, -0.25) is 4.79 Å². The quantitative estimate of drug-likeness (QED) is 0.163. The molecule has 11 nitrogen and oxygen atoms in total. The Balaban J connectivity index is 1.51. The molecule has 13 heteroatoms. The number of nitrogens with zero attached hydrogens (tertiary/aromatic N) is 4. The van der Waals surface area contributed by atoms with Crippen molar-refractivity contribution in [2.75, 3.05) is 6.61 Å². The van der Waals surface area contributed by atoms with Gasteiger partial charge in [-0.25, -0.2) is 4.79 Å². The number of furan rings is 1. The SMILES string of the molecule is CCC1(COC(=O)C(C)(C)C)NC(Cl)=C(C(=O)O)N1Cc1ccc2oc(-c3ccccc3-c3nn[nH]n3)c(Br)c2c1. The zero-order valence-electron chi connectivity index (χ0n) is 22.8. The number of nitrogens with one attached hydrogen (secondary N) is 2. The maximum absolute atomic E-state index is 12.6. The summed E-state index contributed by atoms with van der Waals surface area (Å²) in [4.78, 5) is 26.5. The Morgan fingerprint density at radius 1 is 1.20 bits per heavy atom. The second-order valence-corrected chi connectivity index (χ2v) is 11.9. The molecule has 0 saturated carbocycles. The first-order valence-corrected chi connectivity index (χ1v) is 14.0. The number of aliphatic carboxylic acids is 1. The monoisotopic (exact) mass is 642 g/mol. The highest BCUT2D eigenvalue weighted by Crippen LogP contribution is 2.42. The Bertz CT molecular complexity index is 1660. The average molecular weight is 644 g/mol. The molecule has 214 valence electrons. The number of carbonyl (C=O) groups excluding carboxylic acids is 1. The van der Waals surface area contributed by atoms with Crippen LogP contribution in [0.4, 0.5) is 0 Å². The van der Waals surface area contributed by atoms with Gasteiger partial charge >= 0.3 is 11.9 Å². The number of H-pyrrole nitrogens is 1. The van der Waals surface area contributed by atoms with Crippen molar-refractivity contribution < 1.29 is 23.8 Å². The average Bonchev–Trinajstić information content (AvgIpc) is 3.64. The van der Waals surface area contributed by atoms with Crippen LogP contribution in [0.25, 0.3) is 33.7 Å². The lowest BCUT2D eigenvalue weighted by molar-refractivity contribution is -0.158. The third-order valence-electron chi connectivity index (χ3n) is 6.97. The van der Waals surface area contributed by atoms with Gasteiger partial charge in [-0.1, -0.05) is 48.9 Å². The lowest BCUT2D eigenvalue weighted by Gasteiger charge is -2.40. The molecule has 0 saturated heterocycles. The van der Waals surface area contributed by atoms with E-state index >= 15 is 0 Å². The van der Waals surface area contributed by atoms with Gasteiger partial charge in [0.1, 0.15) is 28.8 Å². The minimum atomic E-state index is -1.19. The highest BCUT2D eigenvalue weighted by Gasteiger charge is 2.47. The second kappa shape index (κ2) is 10.8. The normalized spacial score (nSPS) is 17.3. The van der Waals surface area contributed by atoms with Crippen LogP contribution < -0.4 is 5.32 Å². The van der Waals surface area contributed by atoms with Crippen LogP contribution in [-0.4, -0.2) is 54.8 Å². The summed E-state index contributed by atoms with van der Waals surface area (Å²) in [6.45, 7) is 7.23. The van der Waals surface area contributed by atoms with E-state index in [2.05, 4.69) is 41.9 Å². The molecule has 0 amide bonds. The largest absolute Gasteiger partial charge is 0.476 e. The standard InChI is InChI=1S/C28H28BrClN6O5/c1-5-28(14-40-26(39)27(2,3)4)31-23(30)21(25(37)38)36(28)13-15-10-11-19-18(12-15)20(29)22(41-19)16-8-6-7-9-17(16)24-32-34-35-33-24/h6-12,31H,5,13-14H2,1-4H3,(H,37,38)(H,32,33,34,35). The van der Waals surface area contributed by atoms with Crippen LogP contribution in [0, 0.1) is 5.41 Å². The van der Waals surface area contributed by atoms with Gasteiger partial charge in [0.2, 0.25) is 5.82 Å². The number of hydrogen-bond donors (Lipinski definition) is 3. The van der Waals surface area contributed by atoms with Crippen LogP contribution in [0.15, 0.2) is 62.2 Å². The van der Waals surface area contributed by atoms with Gasteiger partial charge < -0.3 is 24.5 Å². The third kappa shape index (κ3) is 5.29. The Morgan fingerprint density at radius 3 is 2.56 bits per heavy atom. The van der Waals surface area contributed by atoms with Crippen LogP contribution >= 0.6 is 27.5 Å². The first kappa shape index (κ1) is 28.6. The highest BCUT2D eigenvalue weighted by molar-refractivity contribution is 9.10. The number of carboxylic acid groups (broad SMARTS) is 1. The maximum Gasteiger partial charge on any atom is 0.355 e. The van der Waals surface area contributed by atoms with Crippen LogP contribution in [0.2, 0.25) is 0 Å². The van der Waals surface area contributed by atoms with E-state index in [4.69, 9.17) is 20.8 Å². The van der Waals surface area contributed by atoms with E-state index in [0.29, 0.717) is 23.6 Å². The molecule has 0 radical (unpaired) electrons. The van der Waals surface area contributed by atoms with Gasteiger partial charge in [0, 0.05) is 23.1 Å². The number of esters is 1. The Morgan fingerprint density at radius 2 is 1.93 bits per heavy atom. The van der Waals surface area contributed by atoms with Gasteiger partial charge in [-0.05, 0) is 66.0 Å². The topological polar surface area (TPSA) is 146 Å². The Kier molecular flexibility index (Phi) is 7.56. The molecule has 0 aliphatic carbocycles. The number of rotatable bonds is 8. The van der Waals surface area contributed by atoms with Crippen molar-refractivity contribution in [3.8, 4) is 22.7 Å². The van der Waals surface area contributed by atoms with Crippen LogP contribution in [0.5, 0.6) is 0 Å². The number of halogens is 2. The molecule has 3 heterocycles. The van der Waals surface area contributed by atoms with Crippen molar-refractivity contribution >= 4 is 50.4 Å². The van der Waals surface area contributed by atoms with Gasteiger partial charge in [0.15, 0.2) is 5.70 Å². The number of fused-ring (bicyclic) bond motifs is 1. The number of aromatic nitrogens is 4. The Hall–Kier alpha value is -3.90. The van der Waals surface area contributed by atoms with E-state index in [9.17, 15) is 14.7 Å². The summed E-state index contributed by atoms with van der Waals surface area (Å²) >= 11 is 10.1. The van der Waals surface area contributed by atoms with Gasteiger partial charge in [-0.2, -0.15) is 5.21 Å². The number of carbonyl (C=O) groups is 2. The molecule has 0 fully saturated rings. The van der Waals surface area contributed by atoms with Crippen molar-refractivity contribution in [2.24, 2.45) is 5.41 Å². The predicted molar refractivity (Wildman–Crippen MR) is 155 cm³/mol. The number of aromatic amines is 1. The molecule has 2 aromatic carbocycles. The summed E-state index contributed by atoms with van der Waals surface area (Å²) in [5.41, 5.74) is 1.08. The number of ether oxygens (including phenoxy) is 1. The van der Waals surface area contributed by atoms with Crippen molar-refractivity contribution in [1.29, 1.82) is 0 Å². The first-order chi connectivity index (χ1) is 19.4. The smallest absolute Gasteiger partial charge is 0.355 e. The van der Waals surface area contributed by atoms with Crippen molar-refractivity contribution in [3.63, 3.8) is 0 Å². The van der Waals surface area contributed by atoms with Gasteiger partial charge in [0.05, 0.1) is 9.89 Å². The molecule has 5 rings (SSSR count). The van der Waals surface area contributed by atoms with Crippen LogP contribution in [-0.2, 0) is 20.9 Å². The third-order valence-corrected chi connectivity index (χ3v) is 8.03. The fourth-order valence-corrected chi connectivity index (χ4v) is 5.68. The summed E-state index contributed by atoms with van der Waals surface area (Å²) in [7, 11) is 0. The lowest BCUT2D eigenvalue weighted by atomic mass is 9.97. The van der Waals surface area contributed by atoms with Crippen molar-refractivity contribution in [1.82, 2.24) is 30.8 Å². The van der Waals surface area contributed by atoms with E-state index in [1.807, 2.05) is 49.4 Å². The fourth-order valence-electron chi connectivity index (χ4n) is 4.72. The second-order valence-electron chi connectivity index (χ2n) is 10.7. The zero-order valence-corrected chi connectivity index (χ0v) is 25.1. The fraction of sp³-hybridized carbons (Fsp3) is 0.321. The van der Waals surface area contributed by atoms with Crippen LogP contribution in [0.1, 0.15) is 39.7 Å². The van der Waals surface area contributed by atoms with Gasteiger partial charge in [-0.15, -0.1) is 10.2 Å². The molecule has 41 heavy (non-hydrogen) atoms. The first-order valence-electron chi connectivity index (χ1n) is 12.9. The van der Waals surface area contributed by atoms with E-state index in [1.165, 1.54) is 0 Å². The summed E-state index contributed by atoms with van der Waals surface area (Å²) < 4.78 is 12.6. The molecule has 1 atom stereocenters. The maximum atomic E-state index is 12.6. The summed E-state index contributed by atoms with van der Waals surface area (Å²) in [6, 6.07) is 13.2. The molecule has 0 bridgehead atoms. The van der Waals surface area contributed by atoms with Crippen molar-refractivity contribution in [3.05, 3.63) is 63.4 Å². The number of hydrogen-bond acceptors (Lipinski definition) is 9. The molecular weight excluding hydrogens is 616 g/mol. The molecule has 1 aliphatic heterocycles. The molecule has 4 aromatic rings. The lowest BCUT2D eigenvalue weighted by Crippen LogP contribution is -2.56. The summed E-state index contributed by atoms with van der Waals surface area (Å²) in [6.07, 6.45) is 0.409. The molecule has 0 spiro atoms.